The summed E-state index contributed by atoms with van der Waals surface area (Å²) >= 11 is 5.33. The van der Waals surface area contributed by atoms with Crippen molar-refractivity contribution in [2.45, 2.75) is 13.0 Å². The summed E-state index contributed by atoms with van der Waals surface area (Å²) in [5, 5.41) is 8.98. The van der Waals surface area contributed by atoms with Gasteiger partial charge in [0.05, 0.1) is 17.3 Å². The molecule has 20 heavy (non-hydrogen) atoms. The highest BCUT2D eigenvalue weighted by Gasteiger charge is 2.18. The first kappa shape index (κ1) is 13.7. The van der Waals surface area contributed by atoms with Crippen molar-refractivity contribution in [2.75, 3.05) is 6.54 Å². The summed E-state index contributed by atoms with van der Waals surface area (Å²) in [6.07, 6.45) is 0. The highest BCUT2D eigenvalue weighted by atomic mass is 79.9. The van der Waals surface area contributed by atoms with Crippen molar-refractivity contribution in [3.05, 3.63) is 62.9 Å². The van der Waals surface area contributed by atoms with Gasteiger partial charge in [-0.15, -0.1) is 0 Å². The van der Waals surface area contributed by atoms with Gasteiger partial charge in [-0.1, -0.05) is 31.2 Å². The smallest absolute Gasteiger partial charge is 0.0770 e. The van der Waals surface area contributed by atoms with E-state index in [-0.39, 0.29) is 6.04 Å². The molecule has 0 spiro atoms. The van der Waals surface area contributed by atoms with Crippen molar-refractivity contribution in [3.63, 3.8) is 0 Å². The molecule has 1 unspecified atom stereocenters. The molecule has 1 aromatic carbocycles. The predicted molar refractivity (Wildman–Crippen MR) is 89.3 cm³/mol. The van der Waals surface area contributed by atoms with Gasteiger partial charge in [0, 0.05) is 15.2 Å². The number of benzene rings is 1. The van der Waals surface area contributed by atoms with Gasteiger partial charge in [0.15, 0.2) is 0 Å². The first-order valence-electron chi connectivity index (χ1n) is 6.60. The van der Waals surface area contributed by atoms with E-state index in [2.05, 4.69) is 63.2 Å². The average Bonchev–Trinajstić information content (AvgIpc) is 2.90. The molecule has 4 heteroatoms. The van der Waals surface area contributed by atoms with Gasteiger partial charge in [-0.2, -0.15) is 11.3 Å². The van der Waals surface area contributed by atoms with Crippen LogP contribution in [0.15, 0.2) is 51.6 Å². The summed E-state index contributed by atoms with van der Waals surface area (Å²) in [6, 6.07) is 12.6. The SMILES string of the molecule is CCNC(c1ccc2ccccc2n1)c1cscc1Br. The molecule has 0 aliphatic carbocycles. The lowest BCUT2D eigenvalue weighted by Crippen LogP contribution is -2.22. The topological polar surface area (TPSA) is 24.9 Å². The number of halogens is 1. The summed E-state index contributed by atoms with van der Waals surface area (Å²) in [4.78, 5) is 4.81. The molecule has 3 rings (SSSR count). The highest BCUT2D eigenvalue weighted by molar-refractivity contribution is 9.10. The van der Waals surface area contributed by atoms with Crippen LogP contribution in [0, 0.1) is 0 Å². The second-order valence-corrected chi connectivity index (χ2v) is 6.19. The van der Waals surface area contributed by atoms with Crippen molar-refractivity contribution in [3.8, 4) is 0 Å². The van der Waals surface area contributed by atoms with Crippen LogP contribution in [0.25, 0.3) is 10.9 Å². The van der Waals surface area contributed by atoms with Gasteiger partial charge in [-0.05, 0) is 45.6 Å². The largest absolute Gasteiger partial charge is 0.305 e. The summed E-state index contributed by atoms with van der Waals surface area (Å²) in [7, 11) is 0. The van der Waals surface area contributed by atoms with Crippen molar-refractivity contribution >= 4 is 38.2 Å². The molecule has 3 aromatic rings. The van der Waals surface area contributed by atoms with Gasteiger partial charge in [0.2, 0.25) is 0 Å². The Bertz CT molecular complexity index is 723. The third-order valence-electron chi connectivity index (χ3n) is 3.28. The maximum absolute atomic E-state index is 4.81. The standard InChI is InChI=1S/C16H15BrN2S/c1-2-18-16(12-9-20-10-13(12)17)15-8-7-11-5-3-4-6-14(11)19-15/h3-10,16,18H,2H2,1H3. The fourth-order valence-corrected chi connectivity index (χ4v) is 3.87. The Hall–Kier alpha value is -1.23. The zero-order valence-corrected chi connectivity index (χ0v) is 13.5. The van der Waals surface area contributed by atoms with Gasteiger partial charge in [0.1, 0.15) is 0 Å². The number of para-hydroxylation sites is 1. The molecule has 0 fully saturated rings. The molecule has 0 aliphatic rings. The van der Waals surface area contributed by atoms with Gasteiger partial charge in [-0.3, -0.25) is 4.98 Å². The Morgan fingerprint density at radius 2 is 2.05 bits per heavy atom. The average molecular weight is 347 g/mol. The number of thiophene rings is 1. The van der Waals surface area contributed by atoms with Gasteiger partial charge in [0.25, 0.3) is 0 Å². The van der Waals surface area contributed by atoms with Crippen molar-refractivity contribution < 1.29 is 0 Å². The molecule has 2 heterocycles. The number of pyridine rings is 1. The summed E-state index contributed by atoms with van der Waals surface area (Å²) in [6.45, 7) is 3.02. The van der Waals surface area contributed by atoms with Crippen LogP contribution in [0.2, 0.25) is 0 Å². The monoisotopic (exact) mass is 346 g/mol. The maximum atomic E-state index is 4.81. The fourth-order valence-electron chi connectivity index (χ4n) is 2.32. The van der Waals surface area contributed by atoms with Crippen LogP contribution < -0.4 is 5.32 Å². The normalized spacial score (nSPS) is 12.7. The maximum Gasteiger partial charge on any atom is 0.0770 e. The molecule has 0 aliphatic heterocycles. The Balaban J connectivity index is 2.07. The molecule has 0 saturated carbocycles. The number of nitrogens with zero attached hydrogens (tertiary/aromatic N) is 1. The van der Waals surface area contributed by atoms with E-state index in [1.54, 1.807) is 11.3 Å². The predicted octanol–water partition coefficient (Wildman–Crippen LogP) is 4.76. The van der Waals surface area contributed by atoms with Crippen LogP contribution in [0.4, 0.5) is 0 Å². The molecule has 1 atom stereocenters. The molecule has 0 radical (unpaired) electrons. The summed E-state index contributed by atoms with van der Waals surface area (Å²) in [5.41, 5.74) is 3.35. The first-order chi connectivity index (χ1) is 9.79. The molecular weight excluding hydrogens is 332 g/mol. The molecule has 102 valence electrons. The Morgan fingerprint density at radius 3 is 2.80 bits per heavy atom. The van der Waals surface area contributed by atoms with Crippen molar-refractivity contribution in [2.24, 2.45) is 0 Å². The molecule has 0 bridgehead atoms. The lowest BCUT2D eigenvalue weighted by atomic mass is 10.1. The van der Waals surface area contributed by atoms with E-state index in [1.165, 1.54) is 10.9 Å². The quantitative estimate of drug-likeness (QED) is 0.736. The van der Waals surface area contributed by atoms with E-state index in [4.69, 9.17) is 4.98 Å². The van der Waals surface area contributed by atoms with E-state index >= 15 is 0 Å². The molecule has 2 aromatic heterocycles. The minimum atomic E-state index is 0.130. The first-order valence-corrected chi connectivity index (χ1v) is 8.34. The second-order valence-electron chi connectivity index (χ2n) is 4.59. The summed E-state index contributed by atoms with van der Waals surface area (Å²) < 4.78 is 1.14. The molecule has 2 nitrogen and oxygen atoms in total. The minimum Gasteiger partial charge on any atom is -0.305 e. The molecule has 0 saturated heterocycles. The van der Waals surface area contributed by atoms with Crippen LogP contribution in [0.3, 0.4) is 0 Å². The highest BCUT2D eigenvalue weighted by Crippen LogP contribution is 2.31. The van der Waals surface area contributed by atoms with Gasteiger partial charge in [-0.25, -0.2) is 0 Å². The van der Waals surface area contributed by atoms with Crippen molar-refractivity contribution in [1.29, 1.82) is 0 Å². The van der Waals surface area contributed by atoms with Crippen LogP contribution in [-0.4, -0.2) is 11.5 Å². The van der Waals surface area contributed by atoms with Crippen LogP contribution >= 0.6 is 27.3 Å². The Labute approximate surface area is 131 Å². The zero-order chi connectivity index (χ0) is 13.9. The molecule has 1 N–H and O–H groups in total. The minimum absolute atomic E-state index is 0.130. The Kier molecular flexibility index (Phi) is 4.15. The van der Waals surface area contributed by atoms with E-state index < -0.39 is 0 Å². The van der Waals surface area contributed by atoms with Crippen LogP contribution in [0.5, 0.6) is 0 Å². The van der Waals surface area contributed by atoms with E-state index in [1.807, 2.05) is 12.1 Å². The molecular formula is C16H15BrN2S. The number of nitrogens with one attached hydrogen (secondary N) is 1. The van der Waals surface area contributed by atoms with Crippen molar-refractivity contribution in [1.82, 2.24) is 10.3 Å². The Morgan fingerprint density at radius 1 is 1.20 bits per heavy atom. The fraction of sp³-hybridized carbons (Fsp3) is 0.188. The van der Waals surface area contributed by atoms with Crippen LogP contribution in [0.1, 0.15) is 24.2 Å². The lowest BCUT2D eigenvalue weighted by molar-refractivity contribution is 0.617. The van der Waals surface area contributed by atoms with Gasteiger partial charge >= 0.3 is 0 Å². The van der Waals surface area contributed by atoms with E-state index in [0.29, 0.717) is 0 Å². The molecule has 0 amide bonds. The number of hydrogen-bond donors (Lipinski definition) is 1. The van der Waals surface area contributed by atoms with Gasteiger partial charge < -0.3 is 5.32 Å². The number of aromatic nitrogens is 1. The lowest BCUT2D eigenvalue weighted by Gasteiger charge is -2.17. The third-order valence-corrected chi connectivity index (χ3v) is 5.03. The summed E-state index contributed by atoms with van der Waals surface area (Å²) in [5.74, 6) is 0. The third kappa shape index (κ3) is 2.64. The van der Waals surface area contributed by atoms with Crippen LogP contribution in [-0.2, 0) is 0 Å². The number of fused-ring (bicyclic) bond motifs is 1. The second kappa shape index (κ2) is 6.04. The number of hydrogen-bond acceptors (Lipinski definition) is 3. The van der Waals surface area contributed by atoms with E-state index in [0.717, 1.165) is 22.2 Å². The number of rotatable bonds is 4. The van der Waals surface area contributed by atoms with E-state index in [9.17, 15) is 0 Å². The zero-order valence-electron chi connectivity index (χ0n) is 11.1.